The number of nitrogens with one attached hydrogen (secondary N) is 2. The molecular weight excluding hydrogens is 444 g/mol. The third kappa shape index (κ3) is 7.64. The summed E-state index contributed by atoms with van der Waals surface area (Å²) in [7, 11) is 0. The van der Waals surface area contributed by atoms with E-state index in [1.165, 1.54) is 0 Å². The molecule has 36 heavy (non-hydrogen) atoms. The second-order valence-corrected chi connectivity index (χ2v) is 9.13. The quantitative estimate of drug-likeness (QED) is 0.266. The van der Waals surface area contributed by atoms with E-state index in [0.29, 0.717) is 25.9 Å². The van der Waals surface area contributed by atoms with Crippen molar-refractivity contribution in [2.24, 2.45) is 0 Å². The maximum absolute atomic E-state index is 13.4. The topological polar surface area (TPSA) is 61.4 Å². The lowest BCUT2D eigenvalue weighted by atomic mass is 9.88. The molecular formula is C32H34N2O2. The summed E-state index contributed by atoms with van der Waals surface area (Å²) in [5.41, 5.74) is 4.43. The smallest absolute Gasteiger partial charge is 0.221 e. The molecule has 0 spiro atoms. The van der Waals surface area contributed by atoms with Crippen molar-refractivity contribution in [3.05, 3.63) is 144 Å². The van der Waals surface area contributed by atoms with E-state index in [1.807, 2.05) is 84.9 Å². The lowest BCUT2D eigenvalue weighted by Crippen LogP contribution is -2.48. The number of aliphatic hydroxyl groups is 1. The normalized spacial score (nSPS) is 12.7. The maximum Gasteiger partial charge on any atom is 0.221 e. The van der Waals surface area contributed by atoms with E-state index in [9.17, 15) is 9.90 Å². The average Bonchev–Trinajstić information content (AvgIpc) is 2.93. The van der Waals surface area contributed by atoms with Gasteiger partial charge in [-0.2, -0.15) is 0 Å². The fourth-order valence-electron chi connectivity index (χ4n) is 4.50. The second kappa shape index (κ2) is 13.4. The van der Waals surface area contributed by atoms with Gasteiger partial charge in [-0.3, -0.25) is 4.79 Å². The van der Waals surface area contributed by atoms with Gasteiger partial charge in [-0.1, -0.05) is 121 Å². The van der Waals surface area contributed by atoms with Gasteiger partial charge >= 0.3 is 0 Å². The maximum atomic E-state index is 13.4. The van der Waals surface area contributed by atoms with Crippen molar-refractivity contribution < 1.29 is 9.90 Å². The number of carbonyl (C=O) groups is 1. The Balaban J connectivity index is 1.45. The molecule has 4 aromatic carbocycles. The van der Waals surface area contributed by atoms with Crippen molar-refractivity contribution in [2.75, 3.05) is 6.54 Å². The van der Waals surface area contributed by atoms with Gasteiger partial charge in [0.2, 0.25) is 5.91 Å². The minimum atomic E-state index is -0.732. The number of hydrogen-bond acceptors (Lipinski definition) is 3. The number of carbonyl (C=O) groups excluding carboxylic acids is 1. The van der Waals surface area contributed by atoms with Gasteiger partial charge in [0.15, 0.2) is 0 Å². The van der Waals surface area contributed by atoms with Crippen LogP contribution in [0.2, 0.25) is 0 Å². The first kappa shape index (κ1) is 25.4. The monoisotopic (exact) mass is 478 g/mol. The molecule has 4 rings (SSSR count). The molecule has 0 saturated heterocycles. The van der Waals surface area contributed by atoms with Crippen LogP contribution in [0, 0.1) is 0 Å². The van der Waals surface area contributed by atoms with Crippen LogP contribution in [0.25, 0.3) is 0 Å². The van der Waals surface area contributed by atoms with Crippen LogP contribution in [-0.2, 0) is 17.8 Å². The van der Waals surface area contributed by atoms with Crippen LogP contribution in [0.5, 0.6) is 0 Å². The summed E-state index contributed by atoms with van der Waals surface area (Å²) in [6.45, 7) is 1.04. The first-order valence-corrected chi connectivity index (χ1v) is 12.5. The molecule has 0 aliphatic carbocycles. The molecule has 3 N–H and O–H groups in total. The zero-order valence-electron chi connectivity index (χ0n) is 20.5. The molecule has 4 aromatic rings. The van der Waals surface area contributed by atoms with Gasteiger partial charge in [-0.05, 0) is 28.7 Å². The van der Waals surface area contributed by atoms with Crippen molar-refractivity contribution in [1.82, 2.24) is 10.6 Å². The van der Waals surface area contributed by atoms with Crippen molar-refractivity contribution in [1.29, 1.82) is 0 Å². The Morgan fingerprint density at radius 1 is 0.667 bits per heavy atom. The fourth-order valence-corrected chi connectivity index (χ4v) is 4.50. The predicted molar refractivity (Wildman–Crippen MR) is 146 cm³/mol. The molecule has 0 saturated carbocycles. The Labute approximate surface area is 214 Å². The molecule has 2 atom stereocenters. The average molecular weight is 479 g/mol. The highest BCUT2D eigenvalue weighted by molar-refractivity contribution is 5.78. The van der Waals surface area contributed by atoms with Gasteiger partial charge in [-0.15, -0.1) is 0 Å². The molecule has 0 aliphatic rings. The van der Waals surface area contributed by atoms with Crippen molar-refractivity contribution >= 4 is 5.91 Å². The molecule has 184 valence electrons. The van der Waals surface area contributed by atoms with E-state index >= 15 is 0 Å². The van der Waals surface area contributed by atoms with Crippen LogP contribution < -0.4 is 10.6 Å². The Kier molecular flexibility index (Phi) is 9.43. The Bertz CT molecular complexity index is 1130. The van der Waals surface area contributed by atoms with Gasteiger partial charge in [0.05, 0.1) is 12.1 Å². The highest BCUT2D eigenvalue weighted by Crippen LogP contribution is 2.28. The van der Waals surface area contributed by atoms with E-state index in [-0.39, 0.29) is 11.8 Å². The summed E-state index contributed by atoms with van der Waals surface area (Å²) in [6.07, 6.45) is 0.135. The summed E-state index contributed by atoms with van der Waals surface area (Å²) >= 11 is 0. The summed E-state index contributed by atoms with van der Waals surface area (Å²) in [5.74, 6) is -0.131. The molecule has 0 fully saturated rings. The molecule has 4 heteroatoms. The third-order valence-corrected chi connectivity index (χ3v) is 6.43. The number of benzene rings is 4. The van der Waals surface area contributed by atoms with Crippen molar-refractivity contribution in [3.63, 3.8) is 0 Å². The second-order valence-electron chi connectivity index (χ2n) is 9.13. The first-order chi connectivity index (χ1) is 17.7. The van der Waals surface area contributed by atoms with Gasteiger partial charge in [-0.25, -0.2) is 0 Å². The lowest BCUT2D eigenvalue weighted by Gasteiger charge is -2.26. The standard InChI is InChI=1S/C32H34N2O2/c35-31(24-33-23-26-15-7-2-8-16-26)30(21-25-13-5-1-6-14-25)34-32(36)22-29(27-17-9-3-10-18-27)28-19-11-4-12-20-28/h1-20,29-31,33,35H,21-24H2,(H,34,36)/t30-,31-/m0/s1. The predicted octanol–water partition coefficient (Wildman–Crippen LogP) is 5.09. The van der Waals surface area contributed by atoms with Crippen molar-refractivity contribution in [2.45, 2.75) is 37.5 Å². The van der Waals surface area contributed by atoms with Gasteiger partial charge < -0.3 is 15.7 Å². The van der Waals surface area contributed by atoms with E-state index in [0.717, 1.165) is 22.3 Å². The largest absolute Gasteiger partial charge is 0.390 e. The highest BCUT2D eigenvalue weighted by atomic mass is 16.3. The van der Waals surface area contributed by atoms with E-state index < -0.39 is 12.1 Å². The summed E-state index contributed by atoms with van der Waals surface area (Å²) in [6, 6.07) is 39.9. The number of amides is 1. The van der Waals surface area contributed by atoms with Crippen LogP contribution in [0.3, 0.4) is 0 Å². The Morgan fingerprint density at radius 3 is 1.67 bits per heavy atom. The third-order valence-electron chi connectivity index (χ3n) is 6.43. The summed E-state index contributed by atoms with van der Waals surface area (Å²) in [5, 5.41) is 17.6. The molecule has 0 unspecified atom stereocenters. The minimum Gasteiger partial charge on any atom is -0.390 e. The zero-order chi connectivity index (χ0) is 25.0. The fraction of sp³-hybridized carbons (Fsp3) is 0.219. The lowest BCUT2D eigenvalue weighted by molar-refractivity contribution is -0.122. The summed E-state index contributed by atoms with van der Waals surface area (Å²) in [4.78, 5) is 13.4. The molecule has 0 radical (unpaired) electrons. The molecule has 0 aromatic heterocycles. The minimum absolute atomic E-state index is 0.0573. The molecule has 0 bridgehead atoms. The zero-order valence-corrected chi connectivity index (χ0v) is 20.5. The van der Waals surface area contributed by atoms with E-state index in [2.05, 4.69) is 47.0 Å². The number of hydrogen-bond donors (Lipinski definition) is 3. The SMILES string of the molecule is O=C(CC(c1ccccc1)c1ccccc1)N[C@@H](Cc1ccccc1)[C@@H](O)CNCc1ccccc1. The van der Waals surface area contributed by atoms with Gasteiger partial charge in [0, 0.05) is 25.4 Å². The van der Waals surface area contributed by atoms with Crippen LogP contribution in [0.15, 0.2) is 121 Å². The molecule has 0 heterocycles. The highest BCUT2D eigenvalue weighted by Gasteiger charge is 2.24. The first-order valence-electron chi connectivity index (χ1n) is 12.5. The Hall–Kier alpha value is -3.73. The van der Waals surface area contributed by atoms with Crippen LogP contribution in [0.4, 0.5) is 0 Å². The molecule has 4 nitrogen and oxygen atoms in total. The number of rotatable bonds is 12. The molecule has 1 amide bonds. The van der Waals surface area contributed by atoms with Crippen LogP contribution in [0.1, 0.15) is 34.6 Å². The Morgan fingerprint density at radius 2 is 1.14 bits per heavy atom. The summed E-state index contributed by atoms with van der Waals surface area (Å²) < 4.78 is 0. The number of aliphatic hydroxyl groups excluding tert-OH is 1. The van der Waals surface area contributed by atoms with E-state index in [4.69, 9.17) is 0 Å². The molecule has 0 aliphatic heterocycles. The van der Waals surface area contributed by atoms with Gasteiger partial charge in [0.25, 0.3) is 0 Å². The van der Waals surface area contributed by atoms with Gasteiger partial charge in [0.1, 0.15) is 0 Å². The van der Waals surface area contributed by atoms with Crippen LogP contribution >= 0.6 is 0 Å². The van der Waals surface area contributed by atoms with Crippen LogP contribution in [-0.4, -0.2) is 29.7 Å². The van der Waals surface area contributed by atoms with Crippen molar-refractivity contribution in [3.8, 4) is 0 Å². The van der Waals surface area contributed by atoms with E-state index in [1.54, 1.807) is 0 Å².